The molecule has 0 saturated carbocycles. The molecule has 2 heterocycles. The zero-order valence-corrected chi connectivity index (χ0v) is 12.0. The molecular formula is C14H22N2OS. The number of hydrogen-bond acceptors (Lipinski definition) is 3. The van der Waals surface area contributed by atoms with Gasteiger partial charge in [0.15, 0.2) is 0 Å². The van der Waals surface area contributed by atoms with E-state index in [4.69, 9.17) is 0 Å². The van der Waals surface area contributed by atoms with E-state index in [1.165, 1.54) is 17.7 Å². The summed E-state index contributed by atoms with van der Waals surface area (Å²) in [6.07, 6.45) is 2.43. The third kappa shape index (κ3) is 3.82. The van der Waals surface area contributed by atoms with Crippen molar-refractivity contribution in [3.63, 3.8) is 0 Å². The topological polar surface area (TPSA) is 32.3 Å². The van der Waals surface area contributed by atoms with Gasteiger partial charge >= 0.3 is 0 Å². The van der Waals surface area contributed by atoms with E-state index in [-0.39, 0.29) is 11.9 Å². The van der Waals surface area contributed by atoms with Crippen molar-refractivity contribution >= 4 is 17.2 Å². The number of carbonyl (C=O) groups excluding carboxylic acids is 1. The zero-order chi connectivity index (χ0) is 13.0. The lowest BCUT2D eigenvalue weighted by atomic mass is 9.99. The number of thiophene rings is 1. The van der Waals surface area contributed by atoms with Crippen molar-refractivity contribution in [3.05, 3.63) is 22.4 Å². The highest BCUT2D eigenvalue weighted by Gasteiger charge is 2.19. The van der Waals surface area contributed by atoms with Crippen LogP contribution in [0, 0.1) is 5.92 Å². The van der Waals surface area contributed by atoms with Crippen LogP contribution in [-0.4, -0.2) is 30.4 Å². The number of amides is 1. The molecule has 1 N–H and O–H groups in total. The fraction of sp³-hybridized carbons (Fsp3) is 0.643. The normalized spacial score (nSPS) is 19.7. The quantitative estimate of drug-likeness (QED) is 0.908. The summed E-state index contributed by atoms with van der Waals surface area (Å²) in [5.74, 6) is 0.958. The second kappa shape index (κ2) is 6.34. The number of rotatable bonds is 4. The molecule has 0 unspecified atom stereocenters. The van der Waals surface area contributed by atoms with E-state index in [0.717, 1.165) is 19.0 Å². The van der Waals surface area contributed by atoms with Crippen molar-refractivity contribution in [1.82, 2.24) is 10.2 Å². The Balaban J connectivity index is 1.75. The molecule has 1 amide bonds. The van der Waals surface area contributed by atoms with Crippen LogP contribution >= 0.6 is 11.3 Å². The summed E-state index contributed by atoms with van der Waals surface area (Å²) in [5.41, 5.74) is 0. The van der Waals surface area contributed by atoms with Crippen LogP contribution in [0.3, 0.4) is 0 Å². The van der Waals surface area contributed by atoms with E-state index in [1.54, 1.807) is 11.3 Å². The van der Waals surface area contributed by atoms with Crippen LogP contribution in [0.2, 0.25) is 0 Å². The molecule has 0 aliphatic carbocycles. The number of nitrogens with one attached hydrogen (secondary N) is 1. The summed E-state index contributed by atoms with van der Waals surface area (Å²) in [6, 6.07) is 4.22. The smallest absolute Gasteiger partial charge is 0.234 e. The van der Waals surface area contributed by atoms with Crippen LogP contribution in [0.4, 0.5) is 0 Å². The summed E-state index contributed by atoms with van der Waals surface area (Å²) < 4.78 is 0. The van der Waals surface area contributed by atoms with Crippen LogP contribution in [0.25, 0.3) is 0 Å². The molecule has 1 aromatic rings. The minimum absolute atomic E-state index is 0.126. The zero-order valence-electron chi connectivity index (χ0n) is 11.2. The minimum Gasteiger partial charge on any atom is -0.348 e. The molecule has 1 aliphatic heterocycles. The Morgan fingerprint density at radius 3 is 2.89 bits per heavy atom. The minimum atomic E-state index is 0.126. The lowest BCUT2D eigenvalue weighted by molar-refractivity contribution is -0.123. The van der Waals surface area contributed by atoms with Gasteiger partial charge in [-0.25, -0.2) is 0 Å². The van der Waals surface area contributed by atoms with Gasteiger partial charge in [-0.05, 0) is 50.2 Å². The van der Waals surface area contributed by atoms with Crippen LogP contribution in [0.1, 0.15) is 37.6 Å². The average molecular weight is 266 g/mol. The molecule has 1 aliphatic rings. The Morgan fingerprint density at radius 1 is 1.56 bits per heavy atom. The van der Waals surface area contributed by atoms with E-state index in [9.17, 15) is 4.79 Å². The predicted molar refractivity (Wildman–Crippen MR) is 75.7 cm³/mol. The summed E-state index contributed by atoms with van der Waals surface area (Å²) in [7, 11) is 0. The van der Waals surface area contributed by atoms with Gasteiger partial charge in [-0.1, -0.05) is 13.0 Å². The Kier molecular flexibility index (Phi) is 4.78. The van der Waals surface area contributed by atoms with E-state index < -0.39 is 0 Å². The first-order valence-electron chi connectivity index (χ1n) is 6.70. The van der Waals surface area contributed by atoms with Gasteiger partial charge in [0, 0.05) is 4.88 Å². The second-order valence-electron chi connectivity index (χ2n) is 5.26. The molecule has 1 saturated heterocycles. The SMILES string of the molecule is CC1CCN(CC(=O)N[C@@H](C)c2cccs2)CC1. The van der Waals surface area contributed by atoms with Crippen LogP contribution in [-0.2, 0) is 4.79 Å². The molecule has 1 atom stereocenters. The molecule has 100 valence electrons. The van der Waals surface area contributed by atoms with E-state index in [2.05, 4.69) is 23.2 Å². The van der Waals surface area contributed by atoms with Gasteiger partial charge in [0.25, 0.3) is 0 Å². The maximum atomic E-state index is 12.0. The van der Waals surface area contributed by atoms with Crippen molar-refractivity contribution < 1.29 is 4.79 Å². The first kappa shape index (κ1) is 13.6. The lowest BCUT2D eigenvalue weighted by Crippen LogP contribution is -2.41. The summed E-state index contributed by atoms with van der Waals surface area (Å²) >= 11 is 1.69. The highest BCUT2D eigenvalue weighted by atomic mass is 32.1. The Morgan fingerprint density at radius 2 is 2.28 bits per heavy atom. The van der Waals surface area contributed by atoms with Gasteiger partial charge in [-0.3, -0.25) is 9.69 Å². The van der Waals surface area contributed by atoms with Crippen molar-refractivity contribution in [2.75, 3.05) is 19.6 Å². The maximum Gasteiger partial charge on any atom is 0.234 e. The maximum absolute atomic E-state index is 12.0. The number of nitrogens with zero attached hydrogens (tertiary/aromatic N) is 1. The van der Waals surface area contributed by atoms with E-state index in [1.807, 2.05) is 18.4 Å². The summed E-state index contributed by atoms with van der Waals surface area (Å²) in [5, 5.41) is 5.12. The fourth-order valence-corrected chi connectivity index (χ4v) is 3.05. The number of carbonyl (C=O) groups is 1. The molecule has 18 heavy (non-hydrogen) atoms. The molecular weight excluding hydrogens is 244 g/mol. The fourth-order valence-electron chi connectivity index (χ4n) is 2.32. The van der Waals surface area contributed by atoms with Gasteiger partial charge in [-0.2, -0.15) is 0 Å². The van der Waals surface area contributed by atoms with Gasteiger partial charge in [-0.15, -0.1) is 11.3 Å². The van der Waals surface area contributed by atoms with Crippen LogP contribution < -0.4 is 5.32 Å². The molecule has 0 aromatic carbocycles. The predicted octanol–water partition coefficient (Wildman–Crippen LogP) is 2.66. The van der Waals surface area contributed by atoms with E-state index in [0.29, 0.717) is 6.54 Å². The molecule has 0 bridgehead atoms. The van der Waals surface area contributed by atoms with Crippen molar-refractivity contribution in [3.8, 4) is 0 Å². The Bertz CT molecular complexity index is 369. The van der Waals surface area contributed by atoms with Crippen LogP contribution in [0.15, 0.2) is 17.5 Å². The molecule has 0 radical (unpaired) electrons. The standard InChI is InChI=1S/C14H22N2OS/c1-11-5-7-16(8-6-11)10-14(17)15-12(2)13-4-3-9-18-13/h3-4,9,11-12H,5-8,10H2,1-2H3,(H,15,17)/t12-/m0/s1. The number of hydrogen-bond donors (Lipinski definition) is 1. The third-order valence-corrected chi connectivity index (χ3v) is 4.65. The molecule has 3 nitrogen and oxygen atoms in total. The highest BCUT2D eigenvalue weighted by molar-refractivity contribution is 7.10. The lowest BCUT2D eigenvalue weighted by Gasteiger charge is -2.29. The first-order valence-corrected chi connectivity index (χ1v) is 7.58. The first-order chi connectivity index (χ1) is 8.65. The van der Waals surface area contributed by atoms with Crippen molar-refractivity contribution in [1.29, 1.82) is 0 Å². The summed E-state index contributed by atoms with van der Waals surface area (Å²) in [4.78, 5) is 15.4. The van der Waals surface area contributed by atoms with Gasteiger partial charge in [0.2, 0.25) is 5.91 Å². The van der Waals surface area contributed by atoms with Crippen LogP contribution in [0.5, 0.6) is 0 Å². The highest BCUT2D eigenvalue weighted by Crippen LogP contribution is 2.18. The van der Waals surface area contributed by atoms with Crippen molar-refractivity contribution in [2.45, 2.75) is 32.7 Å². The number of likely N-dealkylation sites (tertiary alicyclic amines) is 1. The Labute approximate surface area is 113 Å². The monoisotopic (exact) mass is 266 g/mol. The molecule has 4 heteroatoms. The largest absolute Gasteiger partial charge is 0.348 e. The summed E-state index contributed by atoms with van der Waals surface area (Å²) in [6.45, 7) is 6.99. The van der Waals surface area contributed by atoms with E-state index >= 15 is 0 Å². The molecule has 2 rings (SSSR count). The Hall–Kier alpha value is -0.870. The molecule has 1 aromatic heterocycles. The number of piperidine rings is 1. The third-order valence-electron chi connectivity index (χ3n) is 3.59. The second-order valence-corrected chi connectivity index (χ2v) is 6.24. The average Bonchev–Trinajstić information content (AvgIpc) is 2.85. The van der Waals surface area contributed by atoms with Gasteiger partial charge in [0.1, 0.15) is 0 Å². The van der Waals surface area contributed by atoms with Gasteiger partial charge in [0.05, 0.1) is 12.6 Å². The van der Waals surface area contributed by atoms with Crippen molar-refractivity contribution in [2.24, 2.45) is 5.92 Å². The van der Waals surface area contributed by atoms with Gasteiger partial charge < -0.3 is 5.32 Å². The molecule has 1 fully saturated rings. The molecule has 0 spiro atoms.